The first kappa shape index (κ1) is 19.3. The van der Waals surface area contributed by atoms with Crippen LogP contribution in [0.5, 0.6) is 0 Å². The Morgan fingerprint density at radius 2 is 1.73 bits per heavy atom. The van der Waals surface area contributed by atoms with Gasteiger partial charge in [-0.05, 0) is 23.6 Å². The van der Waals surface area contributed by atoms with E-state index < -0.39 is 17.2 Å². The molecule has 2 aromatic rings. The highest BCUT2D eigenvalue weighted by atomic mass is 16.2. The fraction of sp³-hybridized carbons (Fsp3) is 0.353. The summed E-state index contributed by atoms with van der Waals surface area (Å²) in [5, 5.41) is 3.65. The Bertz CT molecular complexity index is 927. The number of amides is 1. The molecule has 1 amide bonds. The molecule has 0 bridgehead atoms. The van der Waals surface area contributed by atoms with Gasteiger partial charge in [0.2, 0.25) is 5.91 Å². The molecule has 0 unspecified atom stereocenters. The van der Waals surface area contributed by atoms with Crippen molar-refractivity contribution in [1.82, 2.24) is 9.13 Å². The smallest absolute Gasteiger partial charge is 0.332 e. The summed E-state index contributed by atoms with van der Waals surface area (Å²) in [5.74, 6) is 5.74. The number of nitrogens with two attached hydrogens (primary N) is 2. The molecular weight excluding hydrogens is 336 g/mol. The van der Waals surface area contributed by atoms with E-state index in [0.717, 1.165) is 19.7 Å². The summed E-state index contributed by atoms with van der Waals surface area (Å²) in [7, 11) is 2.74. The fourth-order valence-electron chi connectivity index (χ4n) is 2.50. The average Bonchev–Trinajstić information content (AvgIpc) is 2.58. The minimum Gasteiger partial charge on any atom is -0.383 e. The summed E-state index contributed by atoms with van der Waals surface area (Å²) in [5.41, 5.74) is 6.25. The molecule has 0 spiro atoms. The van der Waals surface area contributed by atoms with Crippen molar-refractivity contribution in [3.63, 3.8) is 0 Å². The number of carbonyl (C=O) groups excluding carboxylic acids is 1. The second-order valence-electron chi connectivity index (χ2n) is 6.39. The molecule has 2 rings (SSSR count). The number of hydrazine groups is 1. The number of hydrogen-bond acceptors (Lipinski definition) is 6. The van der Waals surface area contributed by atoms with Gasteiger partial charge in [0, 0.05) is 19.8 Å². The lowest BCUT2D eigenvalue weighted by Gasteiger charge is -2.21. The number of aromatic nitrogens is 2. The van der Waals surface area contributed by atoms with Crippen LogP contribution in [0.1, 0.15) is 25.3 Å². The molecule has 0 aliphatic carbocycles. The molecule has 9 heteroatoms. The molecule has 0 saturated carbocycles. The molecule has 0 aliphatic heterocycles. The topological polar surface area (TPSA) is 128 Å². The summed E-state index contributed by atoms with van der Waals surface area (Å²) in [6, 6.07) is 7.46. The summed E-state index contributed by atoms with van der Waals surface area (Å²) in [6.45, 7) is 3.86. The largest absolute Gasteiger partial charge is 0.383 e. The van der Waals surface area contributed by atoms with E-state index in [2.05, 4.69) is 19.2 Å². The van der Waals surface area contributed by atoms with Gasteiger partial charge in [-0.15, -0.1) is 0 Å². The first-order valence-corrected chi connectivity index (χ1v) is 8.11. The molecule has 0 fully saturated rings. The zero-order valence-corrected chi connectivity index (χ0v) is 15.3. The molecule has 9 nitrogen and oxygen atoms in total. The highest BCUT2D eigenvalue weighted by molar-refractivity contribution is 5.94. The van der Waals surface area contributed by atoms with E-state index >= 15 is 0 Å². The molecule has 26 heavy (non-hydrogen) atoms. The Labute approximate surface area is 150 Å². The van der Waals surface area contributed by atoms with Gasteiger partial charge in [-0.1, -0.05) is 26.0 Å². The third-order valence-electron chi connectivity index (χ3n) is 4.15. The van der Waals surface area contributed by atoms with Gasteiger partial charge in [0.25, 0.3) is 5.56 Å². The number of nitrogens with one attached hydrogen (secondary N) is 1. The van der Waals surface area contributed by atoms with E-state index in [0.29, 0.717) is 11.6 Å². The molecule has 0 radical (unpaired) electrons. The minimum atomic E-state index is -0.665. The highest BCUT2D eigenvalue weighted by Crippen LogP contribution is 2.17. The van der Waals surface area contributed by atoms with Crippen LogP contribution in [0.4, 0.5) is 17.2 Å². The molecule has 0 aliphatic rings. The maximum absolute atomic E-state index is 12.3. The zero-order valence-electron chi connectivity index (χ0n) is 15.3. The highest BCUT2D eigenvalue weighted by Gasteiger charge is 2.19. The Morgan fingerprint density at radius 1 is 1.15 bits per heavy atom. The lowest BCUT2D eigenvalue weighted by Crippen LogP contribution is -2.47. The number of hydrogen-bond donors (Lipinski definition) is 3. The lowest BCUT2D eigenvalue weighted by molar-refractivity contribution is -0.115. The van der Waals surface area contributed by atoms with E-state index in [1.54, 1.807) is 12.1 Å². The van der Waals surface area contributed by atoms with Gasteiger partial charge < -0.3 is 11.1 Å². The number of nitrogen functional groups attached to an aromatic ring is 1. The zero-order chi connectivity index (χ0) is 19.6. The second-order valence-corrected chi connectivity index (χ2v) is 6.39. The maximum atomic E-state index is 12.3. The number of benzene rings is 1. The quantitative estimate of drug-likeness (QED) is 0.513. The second kappa shape index (κ2) is 7.44. The molecule has 5 N–H and O–H groups in total. The van der Waals surface area contributed by atoms with Crippen LogP contribution in [0.2, 0.25) is 0 Å². The summed E-state index contributed by atoms with van der Waals surface area (Å²) < 4.78 is 1.98. The van der Waals surface area contributed by atoms with Gasteiger partial charge in [0.05, 0.1) is 0 Å². The third kappa shape index (κ3) is 3.77. The van der Waals surface area contributed by atoms with E-state index in [4.69, 9.17) is 11.6 Å². The van der Waals surface area contributed by atoms with Gasteiger partial charge in [0.15, 0.2) is 5.69 Å². The molecule has 1 heterocycles. The van der Waals surface area contributed by atoms with E-state index in [9.17, 15) is 14.4 Å². The van der Waals surface area contributed by atoms with Crippen molar-refractivity contribution in [2.45, 2.75) is 19.8 Å². The Morgan fingerprint density at radius 3 is 2.27 bits per heavy atom. The maximum Gasteiger partial charge on any atom is 0.332 e. The van der Waals surface area contributed by atoms with Crippen molar-refractivity contribution in [3.8, 4) is 0 Å². The molecule has 0 atom stereocenters. The molecular formula is C17H24N6O3. The van der Waals surface area contributed by atoms with Crippen molar-refractivity contribution in [2.75, 3.05) is 22.6 Å². The van der Waals surface area contributed by atoms with Crippen LogP contribution in [0.15, 0.2) is 33.9 Å². The van der Waals surface area contributed by atoms with Crippen LogP contribution in [0, 0.1) is 0 Å². The Balaban J connectivity index is 2.17. The predicted molar refractivity (Wildman–Crippen MR) is 102 cm³/mol. The average molecular weight is 360 g/mol. The normalized spacial score (nSPS) is 10.8. The van der Waals surface area contributed by atoms with Gasteiger partial charge in [0.1, 0.15) is 12.4 Å². The monoisotopic (exact) mass is 360 g/mol. The van der Waals surface area contributed by atoms with Crippen LogP contribution >= 0.6 is 0 Å². The van der Waals surface area contributed by atoms with Gasteiger partial charge in [-0.3, -0.25) is 23.7 Å². The van der Waals surface area contributed by atoms with Gasteiger partial charge in [-0.2, -0.15) is 0 Å². The van der Waals surface area contributed by atoms with Crippen LogP contribution in [-0.2, 0) is 18.9 Å². The van der Waals surface area contributed by atoms with E-state index in [1.165, 1.54) is 14.1 Å². The number of carbonyl (C=O) groups is 1. The summed E-state index contributed by atoms with van der Waals surface area (Å²) in [4.78, 5) is 36.3. The fourth-order valence-corrected chi connectivity index (χ4v) is 2.50. The molecule has 140 valence electrons. The van der Waals surface area contributed by atoms with Crippen molar-refractivity contribution in [2.24, 2.45) is 19.9 Å². The van der Waals surface area contributed by atoms with Crippen LogP contribution in [-0.4, -0.2) is 21.6 Å². The number of rotatable bonds is 5. The van der Waals surface area contributed by atoms with Crippen molar-refractivity contribution in [3.05, 3.63) is 50.7 Å². The van der Waals surface area contributed by atoms with Crippen LogP contribution < -0.4 is 33.2 Å². The SMILES string of the molecule is CC(C)c1ccc(NC(=O)CN(N)c2c(N)n(C)c(=O)n(C)c2=O)cc1. The van der Waals surface area contributed by atoms with E-state index in [-0.39, 0.29) is 18.1 Å². The van der Waals surface area contributed by atoms with Gasteiger partial charge >= 0.3 is 5.69 Å². The summed E-state index contributed by atoms with van der Waals surface area (Å²) in [6.07, 6.45) is 0. The lowest BCUT2D eigenvalue weighted by atomic mass is 10.0. The third-order valence-corrected chi connectivity index (χ3v) is 4.15. The van der Waals surface area contributed by atoms with Crippen molar-refractivity contribution in [1.29, 1.82) is 0 Å². The standard InChI is InChI=1S/C17H24N6O3/c1-10(2)11-5-7-12(8-6-11)20-13(24)9-23(19)14-15(18)21(3)17(26)22(4)16(14)25/h5-8,10H,9,18-19H2,1-4H3,(H,20,24). The molecule has 1 aromatic heterocycles. The first-order chi connectivity index (χ1) is 12.1. The molecule has 1 aromatic carbocycles. The summed E-state index contributed by atoms with van der Waals surface area (Å²) >= 11 is 0. The van der Waals surface area contributed by atoms with Gasteiger partial charge in [-0.25, -0.2) is 10.6 Å². The number of nitrogens with zero attached hydrogens (tertiary/aromatic N) is 3. The Kier molecular flexibility index (Phi) is 5.51. The van der Waals surface area contributed by atoms with Crippen molar-refractivity contribution >= 4 is 23.1 Å². The van der Waals surface area contributed by atoms with E-state index in [1.807, 2.05) is 12.1 Å². The van der Waals surface area contributed by atoms with Crippen molar-refractivity contribution < 1.29 is 4.79 Å². The number of anilines is 3. The predicted octanol–water partition coefficient (Wildman–Crippen LogP) is 0.108. The van der Waals surface area contributed by atoms with Crippen LogP contribution in [0.3, 0.4) is 0 Å². The molecule has 0 saturated heterocycles. The first-order valence-electron chi connectivity index (χ1n) is 8.11. The van der Waals surface area contributed by atoms with Crippen LogP contribution in [0.25, 0.3) is 0 Å². The Hall–Kier alpha value is -3.07. The minimum absolute atomic E-state index is 0.102.